The van der Waals surface area contributed by atoms with Crippen LogP contribution in [0.1, 0.15) is 11.2 Å². The average Bonchev–Trinajstić information content (AvgIpc) is 2.71. The Morgan fingerprint density at radius 3 is 3.08 bits per heavy atom. The van der Waals surface area contributed by atoms with Crippen molar-refractivity contribution in [3.05, 3.63) is 20.8 Å². The smallest absolute Gasteiger partial charge is 0.194 e. The Bertz CT molecular complexity index is 291. The number of rotatable bonds is 2. The first-order valence-electron chi connectivity index (χ1n) is 4.01. The summed E-state index contributed by atoms with van der Waals surface area (Å²) < 4.78 is 12.1. The van der Waals surface area contributed by atoms with Crippen LogP contribution in [-0.2, 0) is 9.47 Å². The standard InChI is InChI=1S/C8H10BrNO2S/c9-6-1-2-13-7(6)8-11-4-5(3-10)12-8/h1-2,5,8H,3-4,10H2. The van der Waals surface area contributed by atoms with E-state index in [-0.39, 0.29) is 12.4 Å². The Kier molecular flexibility index (Phi) is 3.00. The van der Waals surface area contributed by atoms with Gasteiger partial charge in [-0.2, -0.15) is 0 Å². The van der Waals surface area contributed by atoms with E-state index in [0.717, 1.165) is 9.35 Å². The highest BCUT2D eigenvalue weighted by Crippen LogP contribution is 2.35. The molecule has 0 aliphatic carbocycles. The lowest BCUT2D eigenvalue weighted by Crippen LogP contribution is -2.21. The molecule has 0 radical (unpaired) electrons. The molecule has 0 bridgehead atoms. The fourth-order valence-electron chi connectivity index (χ4n) is 1.18. The van der Waals surface area contributed by atoms with Gasteiger partial charge < -0.3 is 15.2 Å². The molecule has 2 unspecified atom stereocenters. The first-order valence-corrected chi connectivity index (χ1v) is 5.68. The molecule has 2 rings (SSSR count). The van der Waals surface area contributed by atoms with E-state index in [2.05, 4.69) is 15.9 Å². The van der Waals surface area contributed by atoms with Crippen LogP contribution >= 0.6 is 27.3 Å². The highest BCUT2D eigenvalue weighted by atomic mass is 79.9. The third kappa shape index (κ3) is 1.94. The molecule has 1 aliphatic rings. The van der Waals surface area contributed by atoms with E-state index in [1.54, 1.807) is 11.3 Å². The summed E-state index contributed by atoms with van der Waals surface area (Å²) >= 11 is 5.06. The van der Waals surface area contributed by atoms with Crippen molar-refractivity contribution in [2.45, 2.75) is 12.4 Å². The Hall–Kier alpha value is 0.0600. The van der Waals surface area contributed by atoms with Crippen LogP contribution in [0.3, 0.4) is 0 Å². The summed E-state index contributed by atoms with van der Waals surface area (Å²) in [5.41, 5.74) is 5.47. The minimum absolute atomic E-state index is 0.0407. The van der Waals surface area contributed by atoms with Crippen LogP contribution in [-0.4, -0.2) is 19.3 Å². The van der Waals surface area contributed by atoms with Crippen LogP contribution < -0.4 is 5.73 Å². The fraction of sp³-hybridized carbons (Fsp3) is 0.500. The topological polar surface area (TPSA) is 44.5 Å². The van der Waals surface area contributed by atoms with E-state index < -0.39 is 0 Å². The maximum Gasteiger partial charge on any atom is 0.194 e. The fourth-order valence-corrected chi connectivity index (χ4v) is 2.72. The van der Waals surface area contributed by atoms with E-state index in [1.807, 2.05) is 11.4 Å². The van der Waals surface area contributed by atoms with Gasteiger partial charge in [-0.1, -0.05) is 0 Å². The van der Waals surface area contributed by atoms with E-state index in [4.69, 9.17) is 15.2 Å². The molecule has 1 saturated heterocycles. The van der Waals surface area contributed by atoms with Crippen molar-refractivity contribution in [3.8, 4) is 0 Å². The molecule has 1 aromatic heterocycles. The number of hydrogen-bond donors (Lipinski definition) is 1. The quantitative estimate of drug-likeness (QED) is 0.887. The van der Waals surface area contributed by atoms with Gasteiger partial charge in [0.1, 0.15) is 0 Å². The number of ether oxygens (including phenoxy) is 2. The number of thiophene rings is 1. The van der Waals surface area contributed by atoms with E-state index in [9.17, 15) is 0 Å². The molecule has 0 spiro atoms. The molecule has 0 saturated carbocycles. The summed E-state index contributed by atoms with van der Waals surface area (Å²) in [5, 5.41) is 2.00. The lowest BCUT2D eigenvalue weighted by Gasteiger charge is -2.08. The minimum Gasteiger partial charge on any atom is -0.345 e. The van der Waals surface area contributed by atoms with Gasteiger partial charge in [0.05, 0.1) is 17.6 Å². The molecule has 0 amide bonds. The van der Waals surface area contributed by atoms with Crippen LogP contribution in [0.5, 0.6) is 0 Å². The Morgan fingerprint density at radius 1 is 1.69 bits per heavy atom. The zero-order valence-corrected chi connectivity index (χ0v) is 9.31. The van der Waals surface area contributed by atoms with E-state index in [0.29, 0.717) is 13.2 Å². The second kappa shape index (κ2) is 4.06. The molecule has 13 heavy (non-hydrogen) atoms. The van der Waals surface area contributed by atoms with E-state index in [1.165, 1.54) is 0 Å². The summed E-state index contributed by atoms with van der Waals surface area (Å²) in [6.45, 7) is 1.10. The first kappa shape index (κ1) is 9.61. The molecule has 5 heteroatoms. The zero-order chi connectivity index (χ0) is 9.26. The molecule has 0 aromatic carbocycles. The van der Waals surface area contributed by atoms with Crippen molar-refractivity contribution in [2.24, 2.45) is 5.73 Å². The lowest BCUT2D eigenvalue weighted by molar-refractivity contribution is -0.0563. The summed E-state index contributed by atoms with van der Waals surface area (Å²) in [6.07, 6.45) is -0.193. The summed E-state index contributed by atoms with van der Waals surface area (Å²) in [6, 6.07) is 1.99. The SMILES string of the molecule is NCC1COC(c2sccc2Br)O1. The van der Waals surface area contributed by atoms with Gasteiger partial charge in [-0.15, -0.1) is 11.3 Å². The molecule has 1 aromatic rings. The molecular formula is C8H10BrNO2S. The highest BCUT2D eigenvalue weighted by molar-refractivity contribution is 9.10. The van der Waals surface area contributed by atoms with Crippen molar-refractivity contribution >= 4 is 27.3 Å². The largest absolute Gasteiger partial charge is 0.345 e. The lowest BCUT2D eigenvalue weighted by atomic mass is 10.4. The van der Waals surface area contributed by atoms with Gasteiger partial charge in [-0.3, -0.25) is 0 Å². The van der Waals surface area contributed by atoms with Gasteiger partial charge in [0.25, 0.3) is 0 Å². The summed E-state index contributed by atoms with van der Waals surface area (Å²) in [4.78, 5) is 1.08. The van der Waals surface area contributed by atoms with Gasteiger partial charge in [-0.25, -0.2) is 0 Å². The van der Waals surface area contributed by atoms with Crippen molar-refractivity contribution in [3.63, 3.8) is 0 Å². The monoisotopic (exact) mass is 263 g/mol. The highest BCUT2D eigenvalue weighted by Gasteiger charge is 2.28. The first-order chi connectivity index (χ1) is 6.31. The summed E-state index contributed by atoms with van der Waals surface area (Å²) in [5.74, 6) is 0. The third-order valence-corrected chi connectivity index (χ3v) is 3.76. The predicted molar refractivity (Wildman–Crippen MR) is 54.6 cm³/mol. The zero-order valence-electron chi connectivity index (χ0n) is 6.90. The normalized spacial score (nSPS) is 28.2. The predicted octanol–water partition coefficient (Wildman–Crippen LogP) is 1.88. The second-order valence-electron chi connectivity index (χ2n) is 2.79. The van der Waals surface area contributed by atoms with Crippen LogP contribution in [0.15, 0.2) is 15.9 Å². The van der Waals surface area contributed by atoms with Crippen LogP contribution in [0, 0.1) is 0 Å². The van der Waals surface area contributed by atoms with Gasteiger partial charge in [-0.05, 0) is 27.4 Å². The van der Waals surface area contributed by atoms with Gasteiger partial charge in [0.2, 0.25) is 0 Å². The van der Waals surface area contributed by atoms with Crippen molar-refractivity contribution in [1.82, 2.24) is 0 Å². The molecule has 2 atom stereocenters. The molecule has 1 fully saturated rings. The molecular weight excluding hydrogens is 254 g/mol. The molecule has 2 N–H and O–H groups in total. The van der Waals surface area contributed by atoms with Crippen LogP contribution in [0.4, 0.5) is 0 Å². The Morgan fingerprint density at radius 2 is 2.54 bits per heavy atom. The average molecular weight is 264 g/mol. The van der Waals surface area contributed by atoms with Crippen LogP contribution in [0.2, 0.25) is 0 Å². The van der Waals surface area contributed by atoms with Crippen molar-refractivity contribution in [2.75, 3.05) is 13.2 Å². The molecule has 2 heterocycles. The molecule has 1 aliphatic heterocycles. The van der Waals surface area contributed by atoms with Gasteiger partial charge in [0, 0.05) is 11.0 Å². The second-order valence-corrected chi connectivity index (χ2v) is 4.59. The van der Waals surface area contributed by atoms with Crippen molar-refractivity contribution in [1.29, 1.82) is 0 Å². The van der Waals surface area contributed by atoms with Gasteiger partial charge in [0.15, 0.2) is 6.29 Å². The Balaban J connectivity index is 2.08. The number of halogens is 1. The molecule has 72 valence electrons. The number of hydrogen-bond acceptors (Lipinski definition) is 4. The van der Waals surface area contributed by atoms with Crippen molar-refractivity contribution < 1.29 is 9.47 Å². The number of nitrogens with two attached hydrogens (primary N) is 1. The Labute approximate surface area is 89.0 Å². The molecule has 3 nitrogen and oxygen atoms in total. The van der Waals surface area contributed by atoms with Crippen LogP contribution in [0.25, 0.3) is 0 Å². The third-order valence-electron chi connectivity index (χ3n) is 1.87. The maximum absolute atomic E-state index is 5.57. The van der Waals surface area contributed by atoms with Gasteiger partial charge >= 0.3 is 0 Å². The summed E-state index contributed by atoms with van der Waals surface area (Å²) in [7, 11) is 0. The maximum atomic E-state index is 5.57. The minimum atomic E-state index is -0.233. The van der Waals surface area contributed by atoms with E-state index >= 15 is 0 Å².